The van der Waals surface area contributed by atoms with Gasteiger partial charge in [-0.25, -0.2) is 8.42 Å². The van der Waals surface area contributed by atoms with Crippen molar-refractivity contribution in [3.63, 3.8) is 0 Å². The number of anilines is 1. The lowest BCUT2D eigenvalue weighted by Crippen LogP contribution is -2.37. The molecule has 0 spiro atoms. The van der Waals surface area contributed by atoms with Crippen LogP contribution in [0.4, 0.5) is 5.69 Å². The van der Waals surface area contributed by atoms with Gasteiger partial charge in [-0.2, -0.15) is 4.31 Å². The van der Waals surface area contributed by atoms with Crippen molar-refractivity contribution in [1.82, 2.24) is 4.31 Å². The maximum atomic E-state index is 12.8. The lowest BCUT2D eigenvalue weighted by atomic mass is 10.0. The first-order valence-electron chi connectivity index (χ1n) is 9.95. The van der Waals surface area contributed by atoms with Crippen LogP contribution >= 0.6 is 0 Å². The third-order valence-electron chi connectivity index (χ3n) is 5.38. The number of benzene rings is 2. The first-order chi connectivity index (χ1) is 14.3. The lowest BCUT2D eigenvalue weighted by molar-refractivity contribution is -0.120. The summed E-state index contributed by atoms with van der Waals surface area (Å²) in [5, 5.41) is 0. The molecular weight excluding hydrogens is 404 g/mol. The Balaban J connectivity index is 1.59. The van der Waals surface area contributed by atoms with E-state index in [4.69, 9.17) is 9.47 Å². The maximum Gasteiger partial charge on any atom is 0.264 e. The number of sulfonamides is 1. The Morgan fingerprint density at radius 1 is 1.10 bits per heavy atom. The Hall–Kier alpha value is -2.58. The summed E-state index contributed by atoms with van der Waals surface area (Å²) in [6, 6.07) is 13.4. The second-order valence-corrected chi connectivity index (χ2v) is 9.44. The monoisotopic (exact) mass is 432 g/mol. The summed E-state index contributed by atoms with van der Waals surface area (Å²) in [7, 11) is -0.267. The molecule has 30 heavy (non-hydrogen) atoms. The molecule has 0 bridgehead atoms. The highest BCUT2D eigenvalue weighted by Gasteiger charge is 2.28. The zero-order valence-electron chi connectivity index (χ0n) is 17.6. The number of nitrogens with zero attached hydrogens (tertiary/aromatic N) is 2. The van der Waals surface area contributed by atoms with Gasteiger partial charge in [0.25, 0.3) is 5.91 Å². The molecule has 162 valence electrons. The van der Waals surface area contributed by atoms with Crippen molar-refractivity contribution >= 4 is 21.6 Å². The molecule has 1 aliphatic rings. The molecule has 1 saturated heterocycles. The maximum absolute atomic E-state index is 12.8. The minimum Gasteiger partial charge on any atom is -0.497 e. The van der Waals surface area contributed by atoms with Gasteiger partial charge in [0, 0.05) is 31.9 Å². The van der Waals surface area contributed by atoms with Crippen LogP contribution in [0, 0.1) is 5.92 Å². The predicted octanol–water partition coefficient (Wildman–Crippen LogP) is 3.16. The fourth-order valence-electron chi connectivity index (χ4n) is 3.29. The van der Waals surface area contributed by atoms with Gasteiger partial charge in [-0.1, -0.05) is 13.0 Å². The minimum atomic E-state index is -3.50. The molecule has 0 atom stereocenters. The Kier molecular flexibility index (Phi) is 6.99. The Bertz CT molecular complexity index is 967. The summed E-state index contributed by atoms with van der Waals surface area (Å²) in [6.45, 7) is 3.08. The van der Waals surface area contributed by atoms with Gasteiger partial charge in [0.15, 0.2) is 6.61 Å². The van der Waals surface area contributed by atoms with Gasteiger partial charge in [0.1, 0.15) is 11.5 Å². The largest absolute Gasteiger partial charge is 0.497 e. The first kappa shape index (κ1) is 22.1. The van der Waals surface area contributed by atoms with E-state index in [1.807, 2.05) is 0 Å². The number of carbonyl (C=O) groups excluding carboxylic acids is 1. The standard InChI is InChI=1S/C22H28N2O5S/c1-17-11-13-24(14-12-17)30(26,27)21-9-7-19(8-10-21)29-16-22(25)23(2)18-5-4-6-20(15-18)28-3/h4-10,15,17H,11-14,16H2,1-3H3. The quantitative estimate of drug-likeness (QED) is 0.672. The second kappa shape index (κ2) is 9.49. The van der Waals surface area contributed by atoms with Crippen LogP contribution in [-0.2, 0) is 14.8 Å². The van der Waals surface area contributed by atoms with Crippen molar-refractivity contribution in [2.24, 2.45) is 5.92 Å². The lowest BCUT2D eigenvalue weighted by Gasteiger charge is -2.29. The highest BCUT2D eigenvalue weighted by Crippen LogP contribution is 2.25. The molecule has 0 unspecified atom stereocenters. The normalized spacial score (nSPS) is 15.6. The van der Waals surface area contributed by atoms with E-state index >= 15 is 0 Å². The van der Waals surface area contributed by atoms with E-state index in [2.05, 4.69) is 6.92 Å². The smallest absolute Gasteiger partial charge is 0.264 e. The molecule has 3 rings (SSSR count). The predicted molar refractivity (Wildman–Crippen MR) is 115 cm³/mol. The average molecular weight is 433 g/mol. The fraction of sp³-hybridized carbons (Fsp3) is 0.409. The second-order valence-electron chi connectivity index (χ2n) is 7.50. The molecule has 0 N–H and O–H groups in total. The highest BCUT2D eigenvalue weighted by atomic mass is 32.2. The molecule has 1 amide bonds. The van der Waals surface area contributed by atoms with Crippen LogP contribution in [0.3, 0.4) is 0 Å². The number of hydrogen-bond acceptors (Lipinski definition) is 5. The van der Waals surface area contributed by atoms with Crippen LogP contribution in [0.15, 0.2) is 53.4 Å². The Morgan fingerprint density at radius 2 is 1.77 bits per heavy atom. The summed E-state index contributed by atoms with van der Waals surface area (Å²) in [5.41, 5.74) is 0.695. The minimum absolute atomic E-state index is 0.163. The Morgan fingerprint density at radius 3 is 2.40 bits per heavy atom. The van der Waals surface area contributed by atoms with Gasteiger partial charge in [-0.05, 0) is 55.2 Å². The van der Waals surface area contributed by atoms with Crippen molar-refractivity contribution in [2.45, 2.75) is 24.7 Å². The molecule has 1 fully saturated rings. The Labute approximate surface area is 178 Å². The highest BCUT2D eigenvalue weighted by molar-refractivity contribution is 7.89. The number of methoxy groups -OCH3 is 1. The molecule has 1 heterocycles. The number of piperidine rings is 1. The molecule has 2 aromatic carbocycles. The van der Waals surface area contributed by atoms with Crippen molar-refractivity contribution in [3.05, 3.63) is 48.5 Å². The molecule has 2 aromatic rings. The van der Waals surface area contributed by atoms with Crippen LogP contribution in [0.5, 0.6) is 11.5 Å². The van der Waals surface area contributed by atoms with E-state index in [1.54, 1.807) is 50.6 Å². The number of ether oxygens (including phenoxy) is 2. The summed E-state index contributed by atoms with van der Waals surface area (Å²) in [5.74, 6) is 1.42. The topological polar surface area (TPSA) is 76.1 Å². The zero-order chi connectivity index (χ0) is 21.7. The van der Waals surface area contributed by atoms with Gasteiger partial charge < -0.3 is 14.4 Å². The number of hydrogen-bond donors (Lipinski definition) is 0. The SMILES string of the molecule is COc1cccc(N(C)C(=O)COc2ccc(S(=O)(=O)N3CCC(C)CC3)cc2)c1. The van der Waals surface area contributed by atoms with Gasteiger partial charge in [-0.15, -0.1) is 0 Å². The van der Waals surface area contributed by atoms with Crippen LogP contribution in [0.25, 0.3) is 0 Å². The van der Waals surface area contributed by atoms with Gasteiger partial charge in [0.05, 0.1) is 12.0 Å². The van der Waals surface area contributed by atoms with E-state index < -0.39 is 10.0 Å². The van der Waals surface area contributed by atoms with Crippen LogP contribution in [-0.4, -0.2) is 52.5 Å². The molecule has 1 aliphatic heterocycles. The molecule has 8 heteroatoms. The number of likely N-dealkylation sites (N-methyl/N-ethyl adjacent to an activating group) is 1. The molecule has 7 nitrogen and oxygen atoms in total. The third-order valence-corrected chi connectivity index (χ3v) is 7.29. The van der Waals surface area contributed by atoms with E-state index in [-0.39, 0.29) is 17.4 Å². The first-order valence-corrected chi connectivity index (χ1v) is 11.4. The number of rotatable bonds is 7. The van der Waals surface area contributed by atoms with E-state index in [0.717, 1.165) is 12.8 Å². The van der Waals surface area contributed by atoms with E-state index in [0.29, 0.717) is 36.2 Å². The van der Waals surface area contributed by atoms with Crippen molar-refractivity contribution in [2.75, 3.05) is 38.8 Å². The van der Waals surface area contributed by atoms with Crippen molar-refractivity contribution < 1.29 is 22.7 Å². The zero-order valence-corrected chi connectivity index (χ0v) is 18.4. The number of amides is 1. The van der Waals surface area contributed by atoms with Crippen molar-refractivity contribution in [1.29, 1.82) is 0 Å². The summed E-state index contributed by atoms with van der Waals surface area (Å²) in [4.78, 5) is 14.2. The van der Waals surface area contributed by atoms with Crippen LogP contribution in [0.2, 0.25) is 0 Å². The van der Waals surface area contributed by atoms with Crippen molar-refractivity contribution in [3.8, 4) is 11.5 Å². The average Bonchev–Trinajstić information content (AvgIpc) is 2.77. The van der Waals surface area contributed by atoms with Gasteiger partial charge in [-0.3, -0.25) is 4.79 Å². The molecule has 0 saturated carbocycles. The molecule has 0 radical (unpaired) electrons. The third kappa shape index (κ3) is 5.12. The van der Waals surface area contributed by atoms with E-state index in [1.165, 1.54) is 21.3 Å². The molecule has 0 aromatic heterocycles. The summed E-state index contributed by atoms with van der Waals surface area (Å²) < 4.78 is 37.8. The van der Waals surface area contributed by atoms with Crippen LogP contribution < -0.4 is 14.4 Å². The van der Waals surface area contributed by atoms with Gasteiger partial charge in [0.2, 0.25) is 10.0 Å². The molecule has 0 aliphatic carbocycles. The summed E-state index contributed by atoms with van der Waals surface area (Å²) in [6.07, 6.45) is 1.76. The van der Waals surface area contributed by atoms with Crippen LogP contribution in [0.1, 0.15) is 19.8 Å². The van der Waals surface area contributed by atoms with Gasteiger partial charge >= 0.3 is 0 Å². The van der Waals surface area contributed by atoms with E-state index in [9.17, 15) is 13.2 Å². The summed E-state index contributed by atoms with van der Waals surface area (Å²) >= 11 is 0. The fourth-order valence-corrected chi connectivity index (χ4v) is 4.76. The number of carbonyl (C=O) groups is 1. The molecular formula is C22H28N2O5S.